The van der Waals surface area contributed by atoms with Gasteiger partial charge in [-0.1, -0.05) is 51.8 Å². The maximum absolute atomic E-state index is 12.7. The number of para-hydroxylation sites is 1. The molecule has 1 unspecified atom stereocenters. The van der Waals surface area contributed by atoms with Gasteiger partial charge < -0.3 is 4.74 Å². The van der Waals surface area contributed by atoms with Gasteiger partial charge in [-0.05, 0) is 56.2 Å². The Labute approximate surface area is 157 Å². The Morgan fingerprint density at radius 2 is 1.92 bits per heavy atom. The summed E-state index contributed by atoms with van der Waals surface area (Å²) in [5.41, 5.74) is 4.25. The second-order valence-electron chi connectivity index (χ2n) is 7.05. The minimum atomic E-state index is -0.119. The molecule has 26 heavy (non-hydrogen) atoms. The van der Waals surface area contributed by atoms with Gasteiger partial charge in [0.1, 0.15) is 5.75 Å². The molecule has 0 amide bonds. The molecule has 0 aliphatic carbocycles. The van der Waals surface area contributed by atoms with Crippen molar-refractivity contribution in [2.45, 2.75) is 72.6 Å². The number of aromatic nitrogens is 2. The molecule has 0 saturated carbocycles. The number of hydrogen-bond donors (Lipinski definition) is 0. The highest BCUT2D eigenvalue weighted by Crippen LogP contribution is 2.28. The van der Waals surface area contributed by atoms with Crippen LogP contribution < -0.4 is 4.74 Å². The highest BCUT2D eigenvalue weighted by atomic mass is 16.5. The number of carbonyl (C=O) groups excluding carboxylic acids is 1. The molecule has 4 nitrogen and oxygen atoms in total. The van der Waals surface area contributed by atoms with Crippen LogP contribution in [-0.4, -0.2) is 22.3 Å². The Kier molecular flexibility index (Phi) is 7.43. The normalized spacial score (nSPS) is 12.2. The molecular weight excluding hydrogens is 324 g/mol. The molecule has 0 aliphatic heterocycles. The van der Waals surface area contributed by atoms with Gasteiger partial charge in [0.25, 0.3) is 5.91 Å². The topological polar surface area (TPSA) is 44.1 Å². The Bertz CT molecular complexity index is 734. The molecule has 2 aromatic rings. The van der Waals surface area contributed by atoms with E-state index in [4.69, 9.17) is 4.74 Å². The molecule has 4 heteroatoms. The molecule has 1 heterocycles. The quantitative estimate of drug-likeness (QED) is 0.560. The molecule has 0 fully saturated rings. The molecule has 0 saturated heterocycles. The van der Waals surface area contributed by atoms with Crippen LogP contribution in [0.2, 0.25) is 0 Å². The van der Waals surface area contributed by atoms with Gasteiger partial charge in [0.2, 0.25) is 0 Å². The number of benzene rings is 1. The average molecular weight is 357 g/mol. The number of aryl methyl sites for hydroxylation is 1. The van der Waals surface area contributed by atoms with E-state index in [1.807, 2.05) is 32.0 Å². The Morgan fingerprint density at radius 3 is 2.62 bits per heavy atom. The molecule has 1 aromatic heterocycles. The van der Waals surface area contributed by atoms with Gasteiger partial charge in [0, 0.05) is 5.69 Å². The number of unbranched alkanes of at least 4 members (excludes halogenated alkanes) is 2. The van der Waals surface area contributed by atoms with E-state index >= 15 is 0 Å². The number of rotatable bonds is 9. The second-order valence-corrected chi connectivity index (χ2v) is 7.05. The van der Waals surface area contributed by atoms with E-state index in [-0.39, 0.29) is 12.5 Å². The van der Waals surface area contributed by atoms with Crippen LogP contribution in [0.4, 0.5) is 0 Å². The first-order valence-corrected chi connectivity index (χ1v) is 9.79. The van der Waals surface area contributed by atoms with E-state index in [9.17, 15) is 4.79 Å². The van der Waals surface area contributed by atoms with Crippen LogP contribution in [0.3, 0.4) is 0 Å². The summed E-state index contributed by atoms with van der Waals surface area (Å²) < 4.78 is 7.38. The van der Waals surface area contributed by atoms with Crippen LogP contribution in [0.25, 0.3) is 0 Å². The van der Waals surface area contributed by atoms with Crippen molar-refractivity contribution in [3.05, 3.63) is 46.8 Å². The van der Waals surface area contributed by atoms with Crippen LogP contribution in [-0.2, 0) is 6.42 Å². The number of ether oxygens (including phenoxy) is 1. The smallest absolute Gasteiger partial charge is 0.284 e. The molecule has 1 atom stereocenters. The van der Waals surface area contributed by atoms with Crippen molar-refractivity contribution < 1.29 is 9.53 Å². The zero-order chi connectivity index (χ0) is 19.1. The van der Waals surface area contributed by atoms with E-state index in [0.29, 0.717) is 5.92 Å². The highest BCUT2D eigenvalue weighted by Gasteiger charge is 2.17. The molecule has 0 aliphatic rings. The maximum atomic E-state index is 12.7. The van der Waals surface area contributed by atoms with Crippen molar-refractivity contribution in [1.82, 2.24) is 9.78 Å². The van der Waals surface area contributed by atoms with Crippen LogP contribution in [0.15, 0.2) is 24.3 Å². The third-order valence-corrected chi connectivity index (χ3v) is 5.12. The zero-order valence-corrected chi connectivity index (χ0v) is 16.8. The minimum absolute atomic E-state index is 0.00378. The summed E-state index contributed by atoms with van der Waals surface area (Å²) in [7, 11) is 0. The summed E-state index contributed by atoms with van der Waals surface area (Å²) in [6, 6.07) is 7.97. The first kappa shape index (κ1) is 20.2. The number of nitrogens with zero attached hydrogens (tertiary/aromatic N) is 2. The van der Waals surface area contributed by atoms with Crippen LogP contribution in [0.1, 0.15) is 79.7 Å². The third kappa shape index (κ3) is 4.75. The Hall–Kier alpha value is -2.10. The highest BCUT2D eigenvalue weighted by molar-refractivity contribution is 5.80. The van der Waals surface area contributed by atoms with Gasteiger partial charge in [0.15, 0.2) is 6.61 Å². The molecule has 1 aromatic carbocycles. The standard InChI is InChI=1S/C22H32N2O2/c1-6-8-9-13-20-17(4)23-24(18(20)5)22(25)15-26-21-14-11-10-12-19(21)16(3)7-2/h10-12,14,16H,6-9,13,15H2,1-5H3. The molecule has 2 rings (SSSR count). The van der Waals surface area contributed by atoms with E-state index < -0.39 is 0 Å². The predicted octanol–water partition coefficient (Wildman–Crippen LogP) is 5.47. The van der Waals surface area contributed by atoms with Gasteiger partial charge in [-0.15, -0.1) is 0 Å². The van der Waals surface area contributed by atoms with Gasteiger partial charge in [-0.2, -0.15) is 5.10 Å². The summed E-state index contributed by atoms with van der Waals surface area (Å²) in [6.07, 6.45) is 5.54. The zero-order valence-electron chi connectivity index (χ0n) is 16.8. The summed E-state index contributed by atoms with van der Waals surface area (Å²) in [4.78, 5) is 12.7. The predicted molar refractivity (Wildman–Crippen MR) is 106 cm³/mol. The van der Waals surface area contributed by atoms with E-state index in [1.165, 1.54) is 23.1 Å². The van der Waals surface area contributed by atoms with Crippen molar-refractivity contribution >= 4 is 5.91 Å². The average Bonchev–Trinajstić information content (AvgIpc) is 2.94. The lowest BCUT2D eigenvalue weighted by Gasteiger charge is -2.15. The molecule has 0 radical (unpaired) electrons. The van der Waals surface area contributed by atoms with Gasteiger partial charge in [-0.3, -0.25) is 4.79 Å². The lowest BCUT2D eigenvalue weighted by molar-refractivity contribution is 0.0817. The monoisotopic (exact) mass is 356 g/mol. The van der Waals surface area contributed by atoms with Crippen LogP contribution >= 0.6 is 0 Å². The first-order chi connectivity index (χ1) is 12.5. The lowest BCUT2D eigenvalue weighted by atomic mass is 9.98. The van der Waals surface area contributed by atoms with Crippen molar-refractivity contribution in [1.29, 1.82) is 0 Å². The molecule has 0 bridgehead atoms. The molecule has 142 valence electrons. The fraction of sp³-hybridized carbons (Fsp3) is 0.545. The summed E-state index contributed by atoms with van der Waals surface area (Å²) in [6.45, 7) is 10.5. The molecule has 0 N–H and O–H groups in total. The van der Waals surface area contributed by atoms with Gasteiger partial charge in [-0.25, -0.2) is 4.68 Å². The summed E-state index contributed by atoms with van der Waals surface area (Å²) >= 11 is 0. The van der Waals surface area contributed by atoms with E-state index in [0.717, 1.165) is 42.0 Å². The number of carbonyl (C=O) groups is 1. The minimum Gasteiger partial charge on any atom is -0.483 e. The van der Waals surface area contributed by atoms with Gasteiger partial charge >= 0.3 is 0 Å². The Morgan fingerprint density at radius 1 is 1.19 bits per heavy atom. The second kappa shape index (κ2) is 9.56. The number of hydrogen-bond acceptors (Lipinski definition) is 3. The van der Waals surface area contributed by atoms with Crippen molar-refractivity contribution in [2.24, 2.45) is 0 Å². The summed E-state index contributed by atoms with van der Waals surface area (Å²) in [5.74, 6) is 1.08. The summed E-state index contributed by atoms with van der Waals surface area (Å²) in [5, 5.41) is 4.46. The van der Waals surface area contributed by atoms with Crippen molar-refractivity contribution in [3.8, 4) is 5.75 Å². The third-order valence-electron chi connectivity index (χ3n) is 5.12. The first-order valence-electron chi connectivity index (χ1n) is 9.79. The SMILES string of the molecule is CCCCCc1c(C)nn(C(=O)COc2ccccc2C(C)CC)c1C. The van der Waals surface area contributed by atoms with E-state index in [1.54, 1.807) is 0 Å². The largest absolute Gasteiger partial charge is 0.483 e. The molecular formula is C22H32N2O2. The van der Waals surface area contributed by atoms with Crippen LogP contribution in [0, 0.1) is 13.8 Å². The van der Waals surface area contributed by atoms with Crippen molar-refractivity contribution in [2.75, 3.05) is 6.61 Å². The van der Waals surface area contributed by atoms with E-state index in [2.05, 4.69) is 31.9 Å². The lowest BCUT2D eigenvalue weighted by Crippen LogP contribution is -2.22. The van der Waals surface area contributed by atoms with Crippen LogP contribution in [0.5, 0.6) is 5.75 Å². The fourth-order valence-electron chi connectivity index (χ4n) is 3.27. The molecule has 0 spiro atoms. The maximum Gasteiger partial charge on any atom is 0.284 e. The Balaban J connectivity index is 2.08. The van der Waals surface area contributed by atoms with Crippen molar-refractivity contribution in [3.63, 3.8) is 0 Å². The fourth-order valence-corrected chi connectivity index (χ4v) is 3.27. The van der Waals surface area contributed by atoms with Gasteiger partial charge in [0.05, 0.1) is 5.69 Å².